The van der Waals surface area contributed by atoms with E-state index in [0.717, 1.165) is 16.7 Å². The molecule has 1 fully saturated rings. The number of aromatic nitrogens is 2. The molecule has 2 heterocycles. The monoisotopic (exact) mass is 407 g/mol. The average Bonchev–Trinajstić information content (AvgIpc) is 3.29. The van der Waals surface area contributed by atoms with Crippen LogP contribution in [-0.4, -0.2) is 33.8 Å². The van der Waals surface area contributed by atoms with Crippen LogP contribution in [0.25, 0.3) is 11.3 Å². The number of benzene rings is 2. The fourth-order valence-corrected chi connectivity index (χ4v) is 3.49. The minimum atomic E-state index is -0.501. The van der Waals surface area contributed by atoms with E-state index in [1.807, 2.05) is 75.5 Å². The highest BCUT2D eigenvalue weighted by Crippen LogP contribution is 2.36. The van der Waals surface area contributed by atoms with Crippen molar-refractivity contribution in [3.8, 4) is 11.3 Å². The van der Waals surface area contributed by atoms with Gasteiger partial charge in [0.2, 0.25) is 0 Å². The van der Waals surface area contributed by atoms with Crippen molar-refractivity contribution in [2.75, 3.05) is 5.32 Å². The molecule has 1 aliphatic rings. The van der Waals surface area contributed by atoms with E-state index in [9.17, 15) is 4.79 Å². The van der Waals surface area contributed by atoms with Gasteiger partial charge in [0.05, 0.1) is 11.2 Å². The van der Waals surface area contributed by atoms with Crippen LogP contribution in [0.3, 0.4) is 0 Å². The second-order valence-corrected chi connectivity index (χ2v) is 8.65. The van der Waals surface area contributed by atoms with E-state index in [0.29, 0.717) is 11.3 Å². The largest absolute Gasteiger partial charge is 0.494 e. The molecule has 1 amide bonds. The van der Waals surface area contributed by atoms with Crippen molar-refractivity contribution in [1.29, 1.82) is 0 Å². The zero-order valence-corrected chi connectivity index (χ0v) is 17.6. The second kappa shape index (κ2) is 7.37. The maximum Gasteiger partial charge on any atom is 0.494 e. The maximum atomic E-state index is 12.7. The van der Waals surface area contributed by atoms with Gasteiger partial charge in [-0.1, -0.05) is 28.8 Å². The first-order valence-electron chi connectivity index (χ1n) is 9.40. The Bertz CT molecular complexity index is 1000. The predicted octanol–water partition coefficient (Wildman–Crippen LogP) is 3.76. The first-order valence-corrected chi connectivity index (χ1v) is 10.2. The van der Waals surface area contributed by atoms with Gasteiger partial charge >= 0.3 is 7.12 Å². The predicted molar refractivity (Wildman–Crippen MR) is 115 cm³/mol. The third-order valence-electron chi connectivity index (χ3n) is 5.47. The van der Waals surface area contributed by atoms with E-state index in [4.69, 9.17) is 9.31 Å². The molecule has 148 valence electrons. The fraction of sp³-hybridized carbons (Fsp3) is 0.286. The molecule has 6 nitrogen and oxygen atoms in total. The van der Waals surface area contributed by atoms with E-state index in [-0.39, 0.29) is 5.91 Å². The Morgan fingerprint density at radius 3 is 2.34 bits per heavy atom. The number of rotatable bonds is 4. The number of carbonyl (C=O) groups excluding carboxylic acids is 1. The van der Waals surface area contributed by atoms with Gasteiger partial charge in [-0.3, -0.25) is 4.79 Å². The van der Waals surface area contributed by atoms with Gasteiger partial charge in [0.1, 0.15) is 5.69 Å². The lowest BCUT2D eigenvalue weighted by molar-refractivity contribution is 0.00578. The number of hydrogen-bond acceptors (Lipinski definition) is 6. The zero-order valence-electron chi connectivity index (χ0n) is 16.8. The lowest BCUT2D eigenvalue weighted by atomic mass is 9.78. The highest BCUT2D eigenvalue weighted by molar-refractivity contribution is 7.03. The molecule has 8 heteroatoms. The summed E-state index contributed by atoms with van der Waals surface area (Å²) in [5.41, 5.74) is 3.01. The number of nitrogens with one attached hydrogen (secondary N) is 1. The summed E-state index contributed by atoms with van der Waals surface area (Å²) in [5.74, 6) is -0.188. The molecule has 1 N–H and O–H groups in total. The maximum absolute atomic E-state index is 12.7. The molecule has 0 radical (unpaired) electrons. The Morgan fingerprint density at radius 1 is 1.03 bits per heavy atom. The van der Waals surface area contributed by atoms with Gasteiger partial charge in [0, 0.05) is 22.2 Å². The van der Waals surface area contributed by atoms with Crippen molar-refractivity contribution in [2.24, 2.45) is 0 Å². The smallest absolute Gasteiger partial charge is 0.399 e. The van der Waals surface area contributed by atoms with E-state index >= 15 is 0 Å². The van der Waals surface area contributed by atoms with Crippen LogP contribution >= 0.6 is 11.5 Å². The number of carbonyl (C=O) groups is 1. The molecule has 1 saturated heterocycles. The van der Waals surface area contributed by atoms with Crippen molar-refractivity contribution in [2.45, 2.75) is 38.9 Å². The Labute approximate surface area is 174 Å². The topological polar surface area (TPSA) is 73.3 Å². The molecule has 0 saturated carbocycles. The standard InChI is InChI=1S/C21H22BN3O3S/c1-20(2)21(3,4)28-22(27-20)16-7-5-6-15(12-16)19(26)23-17-10-8-14(9-11-17)18-13-29-25-24-18/h5-13H,1-4H3,(H,23,26). The van der Waals surface area contributed by atoms with Gasteiger partial charge in [-0.05, 0) is 69.0 Å². The minimum absolute atomic E-state index is 0.188. The molecule has 0 atom stereocenters. The summed E-state index contributed by atoms with van der Waals surface area (Å²) in [5, 5.41) is 8.86. The molecule has 2 aromatic carbocycles. The third-order valence-corrected chi connectivity index (χ3v) is 5.98. The second-order valence-electron chi connectivity index (χ2n) is 8.04. The molecule has 0 unspecified atom stereocenters. The van der Waals surface area contributed by atoms with Crippen LogP contribution < -0.4 is 10.8 Å². The summed E-state index contributed by atoms with van der Waals surface area (Å²) < 4.78 is 16.0. The summed E-state index contributed by atoms with van der Waals surface area (Å²) in [4.78, 5) is 12.7. The summed E-state index contributed by atoms with van der Waals surface area (Å²) in [6.45, 7) is 8.04. The molecule has 29 heavy (non-hydrogen) atoms. The van der Waals surface area contributed by atoms with Crippen LogP contribution in [0.15, 0.2) is 53.9 Å². The van der Waals surface area contributed by atoms with Crippen molar-refractivity contribution in [3.63, 3.8) is 0 Å². The molecule has 0 spiro atoms. The summed E-state index contributed by atoms with van der Waals surface area (Å²) in [6, 6.07) is 14.9. The van der Waals surface area contributed by atoms with Crippen LogP contribution in [0.5, 0.6) is 0 Å². The summed E-state index contributed by atoms with van der Waals surface area (Å²) >= 11 is 1.31. The molecule has 4 rings (SSSR count). The van der Waals surface area contributed by atoms with E-state index in [2.05, 4.69) is 14.9 Å². The fourth-order valence-electron chi connectivity index (χ4n) is 3.02. The molecule has 0 aliphatic carbocycles. The quantitative estimate of drug-likeness (QED) is 0.667. The van der Waals surface area contributed by atoms with Gasteiger partial charge in [0.25, 0.3) is 5.91 Å². The highest BCUT2D eigenvalue weighted by Gasteiger charge is 2.51. The number of nitrogens with zero attached hydrogens (tertiary/aromatic N) is 2. The van der Waals surface area contributed by atoms with Crippen LogP contribution in [0.2, 0.25) is 0 Å². The Morgan fingerprint density at radius 2 is 1.72 bits per heavy atom. The molecule has 1 aliphatic heterocycles. The zero-order chi connectivity index (χ0) is 20.6. The van der Waals surface area contributed by atoms with Gasteiger partial charge in [-0.2, -0.15) is 0 Å². The SMILES string of the molecule is CC1(C)OB(c2cccc(C(=O)Nc3ccc(-c4csnn4)cc3)c2)OC1(C)C. The molecule has 1 aromatic heterocycles. The number of hydrogen-bond donors (Lipinski definition) is 1. The third kappa shape index (κ3) is 3.96. The van der Waals surface area contributed by atoms with Crippen molar-refractivity contribution >= 4 is 35.7 Å². The van der Waals surface area contributed by atoms with E-state index in [1.165, 1.54) is 11.5 Å². The molecular formula is C21H22BN3O3S. The lowest BCUT2D eigenvalue weighted by Crippen LogP contribution is -2.41. The molecule has 0 bridgehead atoms. The first-order chi connectivity index (χ1) is 13.7. The van der Waals surface area contributed by atoms with Crippen LogP contribution in [0.4, 0.5) is 5.69 Å². The highest BCUT2D eigenvalue weighted by atomic mass is 32.1. The van der Waals surface area contributed by atoms with Gasteiger partial charge in [0.15, 0.2) is 0 Å². The molecular weight excluding hydrogens is 385 g/mol. The van der Waals surface area contributed by atoms with Crippen molar-refractivity contribution < 1.29 is 14.1 Å². The Balaban J connectivity index is 1.48. The van der Waals surface area contributed by atoms with E-state index < -0.39 is 18.3 Å². The van der Waals surface area contributed by atoms with Crippen molar-refractivity contribution in [1.82, 2.24) is 9.59 Å². The van der Waals surface area contributed by atoms with E-state index in [1.54, 1.807) is 6.07 Å². The van der Waals surface area contributed by atoms with Gasteiger partial charge in [-0.25, -0.2) is 0 Å². The summed E-state index contributed by atoms with van der Waals surface area (Å²) in [7, 11) is -0.501. The van der Waals surface area contributed by atoms with Crippen LogP contribution in [0, 0.1) is 0 Å². The van der Waals surface area contributed by atoms with Crippen LogP contribution in [0.1, 0.15) is 38.1 Å². The Hall–Kier alpha value is -2.55. The number of anilines is 1. The van der Waals surface area contributed by atoms with Gasteiger partial charge in [-0.15, -0.1) is 5.10 Å². The first kappa shape index (κ1) is 19.8. The van der Waals surface area contributed by atoms with Crippen molar-refractivity contribution in [3.05, 3.63) is 59.5 Å². The lowest BCUT2D eigenvalue weighted by Gasteiger charge is -2.32. The molecule has 3 aromatic rings. The van der Waals surface area contributed by atoms with Gasteiger partial charge < -0.3 is 14.6 Å². The minimum Gasteiger partial charge on any atom is -0.399 e. The normalized spacial score (nSPS) is 17.3. The average molecular weight is 407 g/mol. The van der Waals surface area contributed by atoms with Crippen LogP contribution in [-0.2, 0) is 9.31 Å². The Kier molecular flexibility index (Phi) is 5.02. The number of amides is 1. The summed E-state index contributed by atoms with van der Waals surface area (Å²) in [6.07, 6.45) is 0.